The van der Waals surface area contributed by atoms with E-state index in [4.69, 9.17) is 0 Å². The van der Waals surface area contributed by atoms with Gasteiger partial charge in [-0.2, -0.15) is 0 Å². The molecule has 4 nitrogen and oxygen atoms in total. The van der Waals surface area contributed by atoms with Crippen LogP contribution in [0.1, 0.15) is 28.8 Å². The van der Waals surface area contributed by atoms with E-state index in [1.807, 2.05) is 12.1 Å². The lowest BCUT2D eigenvalue weighted by atomic mass is 9.90. The number of carbonyl (C=O) groups is 1. The van der Waals surface area contributed by atoms with Crippen molar-refractivity contribution in [3.63, 3.8) is 0 Å². The molecule has 25 heavy (non-hydrogen) atoms. The summed E-state index contributed by atoms with van der Waals surface area (Å²) in [6, 6.07) is 16.3. The van der Waals surface area contributed by atoms with E-state index in [9.17, 15) is 4.79 Å². The van der Waals surface area contributed by atoms with Gasteiger partial charge in [-0.25, -0.2) is 9.97 Å². The van der Waals surface area contributed by atoms with Crippen molar-refractivity contribution in [2.75, 3.05) is 18.0 Å². The molecule has 2 aromatic carbocycles. The predicted molar refractivity (Wildman–Crippen MR) is 100 cm³/mol. The van der Waals surface area contributed by atoms with Crippen molar-refractivity contribution >= 4 is 23.0 Å². The van der Waals surface area contributed by atoms with Crippen molar-refractivity contribution in [1.82, 2.24) is 9.97 Å². The Kier molecular flexibility index (Phi) is 4.42. The maximum Gasteiger partial charge on any atom is 0.150 e. The maximum atomic E-state index is 11.1. The third-order valence-electron chi connectivity index (χ3n) is 5.06. The van der Waals surface area contributed by atoms with Crippen LogP contribution in [0.15, 0.2) is 54.9 Å². The van der Waals surface area contributed by atoms with Crippen LogP contribution in [0, 0.1) is 5.92 Å². The molecule has 1 aliphatic heterocycles. The van der Waals surface area contributed by atoms with Gasteiger partial charge in [0.25, 0.3) is 0 Å². The number of fused-ring (bicyclic) bond motifs is 1. The number of aromatic nitrogens is 2. The molecule has 4 heteroatoms. The molecule has 126 valence electrons. The molecule has 2 heterocycles. The zero-order valence-corrected chi connectivity index (χ0v) is 14.1. The van der Waals surface area contributed by atoms with Gasteiger partial charge in [0.2, 0.25) is 0 Å². The maximum absolute atomic E-state index is 11.1. The third kappa shape index (κ3) is 3.38. The van der Waals surface area contributed by atoms with E-state index >= 15 is 0 Å². The number of piperidine rings is 1. The molecule has 0 saturated carbocycles. The standard InChI is InChI=1S/C21H21N3O/c25-14-18-6-7-20-19(13-18)21(23-15-22-20)24-10-8-17(9-11-24)12-16-4-2-1-3-5-16/h1-7,13-15,17H,8-12H2. The van der Waals surface area contributed by atoms with Crippen LogP contribution >= 0.6 is 0 Å². The van der Waals surface area contributed by atoms with Crippen LogP contribution in [-0.4, -0.2) is 29.3 Å². The van der Waals surface area contributed by atoms with Gasteiger partial charge in [-0.1, -0.05) is 30.3 Å². The molecule has 3 aromatic rings. The number of aldehydes is 1. The highest BCUT2D eigenvalue weighted by Gasteiger charge is 2.22. The highest BCUT2D eigenvalue weighted by atomic mass is 16.1. The molecule has 4 rings (SSSR count). The first kappa shape index (κ1) is 15.8. The average Bonchev–Trinajstić information content (AvgIpc) is 2.68. The molecule has 1 fully saturated rings. The minimum atomic E-state index is 0.669. The lowest BCUT2D eigenvalue weighted by Crippen LogP contribution is -2.35. The van der Waals surface area contributed by atoms with E-state index in [0.717, 1.165) is 61.3 Å². The minimum absolute atomic E-state index is 0.669. The molecule has 0 spiro atoms. The lowest BCUT2D eigenvalue weighted by Gasteiger charge is -2.33. The molecule has 0 unspecified atom stereocenters. The van der Waals surface area contributed by atoms with Crippen molar-refractivity contribution in [2.45, 2.75) is 19.3 Å². The van der Waals surface area contributed by atoms with Crippen molar-refractivity contribution in [2.24, 2.45) is 5.92 Å². The van der Waals surface area contributed by atoms with Gasteiger partial charge in [0, 0.05) is 24.0 Å². The van der Waals surface area contributed by atoms with Gasteiger partial charge >= 0.3 is 0 Å². The smallest absolute Gasteiger partial charge is 0.150 e. The van der Waals surface area contributed by atoms with Crippen LogP contribution in [0.25, 0.3) is 10.9 Å². The second kappa shape index (κ2) is 7.01. The second-order valence-electron chi connectivity index (χ2n) is 6.71. The molecule has 0 bridgehead atoms. The normalized spacial score (nSPS) is 15.4. The Balaban J connectivity index is 1.51. The number of benzene rings is 2. The Morgan fingerprint density at radius 3 is 2.60 bits per heavy atom. The number of carbonyl (C=O) groups excluding carboxylic acids is 1. The van der Waals surface area contributed by atoms with Crippen LogP contribution in [-0.2, 0) is 6.42 Å². The van der Waals surface area contributed by atoms with Crippen LogP contribution in [0.2, 0.25) is 0 Å². The number of rotatable bonds is 4. The Labute approximate surface area is 147 Å². The van der Waals surface area contributed by atoms with Gasteiger partial charge in [-0.3, -0.25) is 4.79 Å². The molecule has 1 saturated heterocycles. The highest BCUT2D eigenvalue weighted by molar-refractivity contribution is 5.93. The highest BCUT2D eigenvalue weighted by Crippen LogP contribution is 2.29. The first-order valence-electron chi connectivity index (χ1n) is 8.82. The summed E-state index contributed by atoms with van der Waals surface area (Å²) < 4.78 is 0. The van der Waals surface area contributed by atoms with Gasteiger partial charge in [0.15, 0.2) is 0 Å². The third-order valence-corrected chi connectivity index (χ3v) is 5.06. The minimum Gasteiger partial charge on any atom is -0.356 e. The Bertz CT molecular complexity index is 871. The average molecular weight is 331 g/mol. The van der Waals surface area contributed by atoms with E-state index in [1.165, 1.54) is 5.56 Å². The number of anilines is 1. The van der Waals surface area contributed by atoms with Crippen molar-refractivity contribution in [3.8, 4) is 0 Å². The lowest BCUT2D eigenvalue weighted by molar-refractivity contribution is 0.112. The monoisotopic (exact) mass is 331 g/mol. The van der Waals surface area contributed by atoms with Crippen molar-refractivity contribution < 1.29 is 4.79 Å². The van der Waals surface area contributed by atoms with Gasteiger partial charge in [0.1, 0.15) is 18.4 Å². The Hall–Kier alpha value is -2.75. The largest absolute Gasteiger partial charge is 0.356 e. The van der Waals surface area contributed by atoms with E-state index in [0.29, 0.717) is 5.56 Å². The van der Waals surface area contributed by atoms with Gasteiger partial charge in [-0.15, -0.1) is 0 Å². The summed E-state index contributed by atoms with van der Waals surface area (Å²) in [4.78, 5) is 22.3. The summed E-state index contributed by atoms with van der Waals surface area (Å²) in [5.74, 6) is 1.67. The first-order chi connectivity index (χ1) is 12.3. The number of nitrogens with zero attached hydrogens (tertiary/aromatic N) is 3. The van der Waals surface area contributed by atoms with Gasteiger partial charge in [0.05, 0.1) is 5.52 Å². The molecule has 0 amide bonds. The van der Waals surface area contributed by atoms with E-state index in [2.05, 4.69) is 45.2 Å². The molecule has 0 N–H and O–H groups in total. The number of hydrogen-bond donors (Lipinski definition) is 0. The summed E-state index contributed by atoms with van der Waals surface area (Å²) in [6.07, 6.45) is 5.96. The first-order valence-corrected chi connectivity index (χ1v) is 8.82. The zero-order chi connectivity index (χ0) is 17.1. The second-order valence-corrected chi connectivity index (χ2v) is 6.71. The zero-order valence-electron chi connectivity index (χ0n) is 14.1. The van der Waals surface area contributed by atoms with E-state index in [-0.39, 0.29) is 0 Å². The van der Waals surface area contributed by atoms with Crippen LogP contribution in [0.4, 0.5) is 5.82 Å². The summed E-state index contributed by atoms with van der Waals surface area (Å²) in [7, 11) is 0. The van der Waals surface area contributed by atoms with Gasteiger partial charge < -0.3 is 4.90 Å². The molecular formula is C21H21N3O. The molecule has 0 atom stereocenters. The van der Waals surface area contributed by atoms with Crippen LogP contribution in [0.3, 0.4) is 0 Å². The summed E-state index contributed by atoms with van der Waals surface area (Å²) in [5, 5.41) is 0.966. The van der Waals surface area contributed by atoms with E-state index < -0.39 is 0 Å². The molecule has 1 aromatic heterocycles. The fourth-order valence-corrected chi connectivity index (χ4v) is 3.68. The fraction of sp³-hybridized carbons (Fsp3) is 0.286. The Morgan fingerprint density at radius 2 is 1.84 bits per heavy atom. The summed E-state index contributed by atoms with van der Waals surface area (Å²) >= 11 is 0. The Morgan fingerprint density at radius 1 is 1.04 bits per heavy atom. The molecule has 0 aliphatic carbocycles. The molecule has 1 aliphatic rings. The van der Waals surface area contributed by atoms with Crippen molar-refractivity contribution in [3.05, 3.63) is 66.0 Å². The molecular weight excluding hydrogens is 310 g/mol. The predicted octanol–water partition coefficient (Wildman–Crippen LogP) is 3.90. The SMILES string of the molecule is O=Cc1ccc2ncnc(N3CCC(Cc4ccccc4)CC3)c2c1. The van der Waals surface area contributed by atoms with E-state index in [1.54, 1.807) is 12.4 Å². The van der Waals surface area contributed by atoms with Crippen LogP contribution in [0.5, 0.6) is 0 Å². The summed E-state index contributed by atoms with van der Waals surface area (Å²) in [5.41, 5.74) is 2.98. The number of hydrogen-bond acceptors (Lipinski definition) is 4. The van der Waals surface area contributed by atoms with Crippen molar-refractivity contribution in [1.29, 1.82) is 0 Å². The quantitative estimate of drug-likeness (QED) is 0.680. The molecule has 0 radical (unpaired) electrons. The summed E-state index contributed by atoms with van der Waals surface area (Å²) in [6.45, 7) is 1.99. The topological polar surface area (TPSA) is 46.1 Å². The fourth-order valence-electron chi connectivity index (χ4n) is 3.68. The van der Waals surface area contributed by atoms with Crippen LogP contribution < -0.4 is 4.90 Å². The van der Waals surface area contributed by atoms with Gasteiger partial charge in [-0.05, 0) is 48.9 Å².